The summed E-state index contributed by atoms with van der Waals surface area (Å²) in [4.78, 5) is 3.45. The highest BCUT2D eigenvalue weighted by molar-refractivity contribution is 7.89. The largest absolute Gasteiger partial charge is 0.411 e. The van der Waals surface area contributed by atoms with E-state index in [1.807, 2.05) is 0 Å². The van der Waals surface area contributed by atoms with E-state index in [-0.39, 0.29) is 14.9 Å². The van der Waals surface area contributed by atoms with Crippen LogP contribution in [0, 0.1) is 0 Å². The van der Waals surface area contributed by atoms with Gasteiger partial charge in [-0.1, -0.05) is 12.1 Å². The Kier molecular flexibility index (Phi) is 3.27. The molecule has 0 saturated heterocycles. The van der Waals surface area contributed by atoms with Crippen molar-refractivity contribution in [1.82, 2.24) is 4.31 Å². The first kappa shape index (κ1) is 13.8. The van der Waals surface area contributed by atoms with Crippen molar-refractivity contribution in [3.05, 3.63) is 24.3 Å². The fourth-order valence-corrected chi connectivity index (χ4v) is 3.28. The lowest BCUT2D eigenvalue weighted by Gasteiger charge is -2.31. The Labute approximate surface area is 107 Å². The maximum Gasteiger partial charge on any atom is 0.411 e. The Bertz CT molecular complexity index is 613. The third-order valence-corrected chi connectivity index (χ3v) is 4.44. The molecule has 19 heavy (non-hydrogen) atoms. The smallest absolute Gasteiger partial charge is 0.328 e. The van der Waals surface area contributed by atoms with Gasteiger partial charge in [-0.25, -0.2) is 17.7 Å². The van der Waals surface area contributed by atoms with Crippen molar-refractivity contribution < 1.29 is 21.6 Å². The first-order valence-corrected chi connectivity index (χ1v) is 6.66. The van der Waals surface area contributed by atoms with E-state index >= 15 is 0 Å². The molecule has 1 heterocycles. The number of rotatable bonds is 2. The molecule has 1 aliphatic heterocycles. The molecule has 0 bridgehead atoms. The first-order chi connectivity index (χ1) is 8.78. The molecule has 0 fully saturated rings. The van der Waals surface area contributed by atoms with Crippen LogP contribution in [-0.4, -0.2) is 37.8 Å². The van der Waals surface area contributed by atoms with Gasteiger partial charge in [-0.3, -0.25) is 0 Å². The fourth-order valence-electron chi connectivity index (χ4n) is 1.71. The molecule has 1 aliphatic rings. The fraction of sp³-hybridized carbons (Fsp3) is 0.300. The van der Waals surface area contributed by atoms with Crippen molar-refractivity contribution in [2.75, 3.05) is 6.54 Å². The van der Waals surface area contributed by atoms with Gasteiger partial charge in [-0.05, 0) is 12.1 Å². The third-order valence-electron chi connectivity index (χ3n) is 2.64. The van der Waals surface area contributed by atoms with E-state index in [2.05, 4.69) is 4.99 Å². The Morgan fingerprint density at radius 2 is 1.95 bits per heavy atom. The molecular formula is C10H10F3N3O2S. The lowest BCUT2D eigenvalue weighted by molar-refractivity contribution is -0.161. The average Bonchev–Trinajstić information content (AvgIpc) is 2.31. The molecule has 1 atom stereocenters. The van der Waals surface area contributed by atoms with Gasteiger partial charge in [-0.15, -0.1) is 0 Å². The van der Waals surface area contributed by atoms with Gasteiger partial charge in [0.25, 0.3) is 10.0 Å². The lowest BCUT2D eigenvalue weighted by atomic mass is 10.3. The van der Waals surface area contributed by atoms with Crippen LogP contribution in [-0.2, 0) is 10.0 Å². The van der Waals surface area contributed by atoms with Crippen molar-refractivity contribution >= 4 is 22.0 Å². The summed E-state index contributed by atoms with van der Waals surface area (Å²) in [5.74, 6) is 0. The number of aliphatic imine (C=N–C) groups is 1. The first-order valence-electron chi connectivity index (χ1n) is 5.22. The monoisotopic (exact) mass is 293 g/mol. The maximum atomic E-state index is 12.8. The predicted molar refractivity (Wildman–Crippen MR) is 62.5 cm³/mol. The number of sulfonamides is 1. The summed E-state index contributed by atoms with van der Waals surface area (Å²) >= 11 is 0. The maximum absolute atomic E-state index is 12.8. The number of para-hydroxylation sites is 1. The van der Waals surface area contributed by atoms with Crippen LogP contribution in [0.2, 0.25) is 0 Å². The molecule has 0 amide bonds. The minimum atomic E-state index is -4.76. The quantitative estimate of drug-likeness (QED) is 0.891. The van der Waals surface area contributed by atoms with Crippen molar-refractivity contribution in [2.45, 2.75) is 17.1 Å². The summed E-state index contributed by atoms with van der Waals surface area (Å²) in [6.45, 7) is -0.878. The molecule has 0 aliphatic carbocycles. The summed E-state index contributed by atoms with van der Waals surface area (Å²) in [6.07, 6.45) is -4.11. The number of nitrogens with zero attached hydrogens (tertiary/aromatic N) is 2. The van der Waals surface area contributed by atoms with E-state index in [1.165, 1.54) is 18.2 Å². The second-order valence-corrected chi connectivity index (χ2v) is 5.65. The standard InChI is InChI=1S/C10H10F3N3O2S/c11-10(12,13)9(5-14)16-6-15-7-3-1-2-4-8(7)19(16,17)18/h1-4,6,9H,5,14H2. The molecule has 9 heteroatoms. The summed E-state index contributed by atoms with van der Waals surface area (Å²) in [5.41, 5.74) is 5.15. The third kappa shape index (κ3) is 2.30. The number of halogens is 3. The number of hydrogen-bond donors (Lipinski definition) is 1. The highest BCUT2D eigenvalue weighted by Gasteiger charge is 2.47. The molecule has 1 unspecified atom stereocenters. The molecule has 5 nitrogen and oxygen atoms in total. The van der Waals surface area contributed by atoms with Gasteiger partial charge in [0.2, 0.25) is 0 Å². The molecule has 0 aromatic heterocycles. The number of fused-ring (bicyclic) bond motifs is 1. The van der Waals surface area contributed by atoms with E-state index in [9.17, 15) is 21.6 Å². The minimum Gasteiger partial charge on any atom is -0.328 e. The number of hydrogen-bond acceptors (Lipinski definition) is 4. The minimum absolute atomic E-state index is 0.108. The molecule has 0 radical (unpaired) electrons. The Morgan fingerprint density at radius 3 is 2.53 bits per heavy atom. The van der Waals surface area contributed by atoms with E-state index in [0.717, 1.165) is 0 Å². The lowest BCUT2D eigenvalue weighted by Crippen LogP contribution is -2.52. The Balaban J connectivity index is 2.53. The van der Waals surface area contributed by atoms with Gasteiger partial charge in [-0.2, -0.15) is 13.2 Å². The van der Waals surface area contributed by atoms with Gasteiger partial charge >= 0.3 is 6.18 Å². The molecule has 2 rings (SSSR count). The topological polar surface area (TPSA) is 75.8 Å². The van der Waals surface area contributed by atoms with Gasteiger partial charge in [0.15, 0.2) is 6.04 Å². The van der Waals surface area contributed by atoms with E-state index in [4.69, 9.17) is 5.73 Å². The SMILES string of the molecule is NCC(N1C=Nc2ccccc2S1(=O)=O)C(F)(F)F. The Hall–Kier alpha value is -1.61. The second-order valence-electron chi connectivity index (χ2n) is 3.84. The zero-order chi connectivity index (χ0) is 14.3. The molecule has 0 spiro atoms. The van der Waals surface area contributed by atoms with Crippen LogP contribution in [0.5, 0.6) is 0 Å². The predicted octanol–water partition coefficient (Wildman–Crippen LogP) is 1.24. The van der Waals surface area contributed by atoms with Gasteiger partial charge in [0.1, 0.15) is 11.2 Å². The summed E-state index contributed by atoms with van der Waals surface area (Å²) < 4.78 is 62.8. The zero-order valence-corrected chi connectivity index (χ0v) is 10.3. The van der Waals surface area contributed by atoms with E-state index < -0.39 is 28.8 Å². The van der Waals surface area contributed by atoms with Crippen LogP contribution in [0.15, 0.2) is 34.2 Å². The van der Waals surface area contributed by atoms with Crippen LogP contribution in [0.3, 0.4) is 0 Å². The van der Waals surface area contributed by atoms with Crippen LogP contribution >= 0.6 is 0 Å². The molecule has 0 saturated carbocycles. The average molecular weight is 293 g/mol. The number of benzene rings is 1. The summed E-state index contributed by atoms with van der Waals surface area (Å²) in [5, 5.41) is 0. The highest BCUT2D eigenvalue weighted by atomic mass is 32.2. The van der Waals surface area contributed by atoms with Crippen LogP contribution in [0.25, 0.3) is 0 Å². The van der Waals surface area contributed by atoms with Crippen LogP contribution < -0.4 is 5.73 Å². The summed E-state index contributed by atoms with van der Waals surface area (Å²) in [7, 11) is -4.29. The van der Waals surface area contributed by atoms with Crippen molar-refractivity contribution in [3.63, 3.8) is 0 Å². The van der Waals surface area contributed by atoms with E-state index in [0.29, 0.717) is 6.34 Å². The molecule has 104 valence electrons. The van der Waals surface area contributed by atoms with Gasteiger partial charge in [0.05, 0.1) is 5.69 Å². The molecule has 2 N–H and O–H groups in total. The zero-order valence-electron chi connectivity index (χ0n) is 9.50. The van der Waals surface area contributed by atoms with Crippen LogP contribution in [0.1, 0.15) is 0 Å². The molecular weight excluding hydrogens is 283 g/mol. The van der Waals surface area contributed by atoms with Crippen molar-refractivity contribution in [2.24, 2.45) is 10.7 Å². The normalized spacial score (nSPS) is 19.1. The summed E-state index contributed by atoms with van der Waals surface area (Å²) in [6, 6.07) is 3.25. The number of alkyl halides is 3. The van der Waals surface area contributed by atoms with E-state index in [1.54, 1.807) is 6.07 Å². The van der Waals surface area contributed by atoms with Crippen LogP contribution in [0.4, 0.5) is 18.9 Å². The van der Waals surface area contributed by atoms with Gasteiger partial charge in [0, 0.05) is 6.54 Å². The number of nitrogens with two attached hydrogens (primary N) is 1. The van der Waals surface area contributed by atoms with Crippen molar-refractivity contribution in [3.8, 4) is 0 Å². The highest BCUT2D eigenvalue weighted by Crippen LogP contribution is 2.34. The second kappa shape index (κ2) is 4.49. The Morgan fingerprint density at radius 1 is 1.32 bits per heavy atom. The molecule has 1 aromatic carbocycles. The van der Waals surface area contributed by atoms with Crippen molar-refractivity contribution in [1.29, 1.82) is 0 Å². The van der Waals surface area contributed by atoms with Gasteiger partial charge < -0.3 is 5.73 Å². The molecule has 1 aromatic rings.